The highest BCUT2D eigenvalue weighted by molar-refractivity contribution is 9.10. The Labute approximate surface area is 175 Å². The number of benzene rings is 2. The number of likely N-dealkylation sites (N-methyl/N-ethyl adjacent to an activating group) is 1. The molecule has 0 bridgehead atoms. The number of rotatable bonds is 3. The van der Waals surface area contributed by atoms with Gasteiger partial charge in [-0.3, -0.25) is 0 Å². The predicted molar refractivity (Wildman–Crippen MR) is 115 cm³/mol. The van der Waals surface area contributed by atoms with Crippen molar-refractivity contribution in [2.24, 2.45) is 0 Å². The van der Waals surface area contributed by atoms with Crippen LogP contribution in [0.15, 0.2) is 34.8 Å². The third kappa shape index (κ3) is 2.91. The molecule has 1 fully saturated rings. The van der Waals surface area contributed by atoms with Gasteiger partial charge in [-0.25, -0.2) is 0 Å². The predicted octanol–water partition coefficient (Wildman–Crippen LogP) is 4.59. The Bertz CT molecular complexity index is 1170. The number of nitrogens with zero attached hydrogens (tertiary/aromatic N) is 5. The number of fused-ring (bicyclic) bond motifs is 2. The molecule has 5 rings (SSSR count). The summed E-state index contributed by atoms with van der Waals surface area (Å²) in [6, 6.07) is 10.4. The molecule has 0 radical (unpaired) electrons. The molecule has 0 saturated carbocycles. The highest BCUT2D eigenvalue weighted by Crippen LogP contribution is 2.43. The van der Waals surface area contributed by atoms with Crippen molar-refractivity contribution in [3.05, 3.63) is 40.6 Å². The fourth-order valence-electron chi connectivity index (χ4n) is 4.02. The minimum Gasteiger partial charge on any atom is -0.495 e. The first-order chi connectivity index (χ1) is 13.7. The summed E-state index contributed by atoms with van der Waals surface area (Å²) in [7, 11) is 3.86. The lowest BCUT2D eigenvalue weighted by molar-refractivity contribution is 0.244. The third-order valence-corrected chi connectivity index (χ3v) is 7.10. The van der Waals surface area contributed by atoms with Gasteiger partial charge in [-0.15, -0.1) is 10.2 Å². The summed E-state index contributed by atoms with van der Waals surface area (Å²) in [5.74, 6) is 2.12. The number of piperidine rings is 1. The smallest absolute Gasteiger partial charge is 0.234 e. The SMILES string of the molecule is COc1c(-c2nn3c(C4CCCN(C)C4)nnc3s2)cc2ccccc2c1Br. The summed E-state index contributed by atoms with van der Waals surface area (Å²) >= 11 is 5.27. The van der Waals surface area contributed by atoms with Gasteiger partial charge in [0.1, 0.15) is 5.75 Å². The molecule has 0 aliphatic carbocycles. The quantitative estimate of drug-likeness (QED) is 0.450. The molecule has 1 aliphatic heterocycles. The van der Waals surface area contributed by atoms with Gasteiger partial charge >= 0.3 is 0 Å². The van der Waals surface area contributed by atoms with Gasteiger partial charge in [-0.1, -0.05) is 35.6 Å². The zero-order chi connectivity index (χ0) is 19.3. The average molecular weight is 458 g/mol. The van der Waals surface area contributed by atoms with E-state index in [2.05, 4.69) is 56.3 Å². The van der Waals surface area contributed by atoms with Gasteiger partial charge in [0.05, 0.1) is 17.1 Å². The van der Waals surface area contributed by atoms with Crippen LogP contribution in [-0.4, -0.2) is 52.0 Å². The van der Waals surface area contributed by atoms with Crippen LogP contribution < -0.4 is 4.74 Å². The van der Waals surface area contributed by atoms with Crippen LogP contribution in [-0.2, 0) is 0 Å². The summed E-state index contributed by atoms with van der Waals surface area (Å²) in [5, 5.41) is 16.9. The van der Waals surface area contributed by atoms with Gasteiger partial charge in [-0.05, 0) is 59.2 Å². The zero-order valence-corrected chi connectivity index (χ0v) is 18.1. The van der Waals surface area contributed by atoms with E-state index in [1.807, 2.05) is 16.6 Å². The first-order valence-corrected chi connectivity index (χ1v) is 10.9. The Balaban J connectivity index is 1.64. The molecular formula is C20H20BrN5OS. The second-order valence-electron chi connectivity index (χ2n) is 7.25. The van der Waals surface area contributed by atoms with Crippen LogP contribution in [0.3, 0.4) is 0 Å². The average Bonchev–Trinajstić information content (AvgIpc) is 3.28. The van der Waals surface area contributed by atoms with E-state index < -0.39 is 0 Å². The van der Waals surface area contributed by atoms with Gasteiger partial charge in [0.15, 0.2) is 10.8 Å². The van der Waals surface area contributed by atoms with Crippen LogP contribution in [0.5, 0.6) is 5.75 Å². The molecule has 144 valence electrons. The summed E-state index contributed by atoms with van der Waals surface area (Å²) < 4.78 is 8.61. The second kappa shape index (κ2) is 7.09. The van der Waals surface area contributed by atoms with Crippen molar-refractivity contribution in [1.82, 2.24) is 24.7 Å². The number of likely N-dealkylation sites (tertiary alicyclic amines) is 1. The molecule has 0 spiro atoms. The van der Waals surface area contributed by atoms with Crippen molar-refractivity contribution < 1.29 is 4.74 Å². The topological polar surface area (TPSA) is 55.6 Å². The minimum atomic E-state index is 0.369. The first-order valence-electron chi connectivity index (χ1n) is 9.32. The van der Waals surface area contributed by atoms with E-state index in [1.54, 1.807) is 18.4 Å². The largest absolute Gasteiger partial charge is 0.495 e. The molecule has 28 heavy (non-hydrogen) atoms. The molecule has 8 heteroatoms. The molecule has 2 aromatic carbocycles. The molecule has 0 N–H and O–H groups in total. The van der Waals surface area contributed by atoms with Gasteiger partial charge < -0.3 is 9.64 Å². The maximum absolute atomic E-state index is 5.74. The molecule has 2 aromatic heterocycles. The molecular weight excluding hydrogens is 438 g/mol. The first kappa shape index (κ1) is 18.0. The number of hydrogen-bond acceptors (Lipinski definition) is 6. The van der Waals surface area contributed by atoms with Crippen LogP contribution in [0.25, 0.3) is 26.3 Å². The fourth-order valence-corrected chi connectivity index (χ4v) is 5.61. The summed E-state index contributed by atoms with van der Waals surface area (Å²) in [5.41, 5.74) is 0.968. The van der Waals surface area contributed by atoms with Crippen LogP contribution in [0.4, 0.5) is 0 Å². The molecule has 1 aliphatic rings. The van der Waals surface area contributed by atoms with E-state index in [1.165, 1.54) is 6.42 Å². The van der Waals surface area contributed by atoms with Crippen LogP contribution >= 0.6 is 27.3 Å². The lowest BCUT2D eigenvalue weighted by atomic mass is 9.98. The Kier molecular flexibility index (Phi) is 4.57. The van der Waals surface area contributed by atoms with E-state index in [4.69, 9.17) is 9.84 Å². The standard InChI is InChI=1S/C20H20BrN5OS/c1-25-9-5-7-13(11-25)18-22-23-20-26(18)24-19(28-20)15-10-12-6-3-4-8-14(12)16(21)17(15)27-2/h3-4,6,8,10,13H,5,7,9,11H2,1-2H3. The van der Waals surface area contributed by atoms with Gasteiger partial charge in [0, 0.05) is 12.5 Å². The van der Waals surface area contributed by atoms with E-state index in [0.29, 0.717) is 5.92 Å². The number of halogens is 1. The molecule has 6 nitrogen and oxygen atoms in total. The lowest BCUT2D eigenvalue weighted by Crippen LogP contribution is -2.31. The number of aromatic nitrogens is 4. The maximum Gasteiger partial charge on any atom is 0.234 e. The van der Waals surface area contributed by atoms with Crippen molar-refractivity contribution in [3.8, 4) is 16.3 Å². The van der Waals surface area contributed by atoms with E-state index in [0.717, 1.165) is 61.9 Å². The normalized spacial score (nSPS) is 18.2. The Morgan fingerprint density at radius 3 is 2.93 bits per heavy atom. The van der Waals surface area contributed by atoms with E-state index >= 15 is 0 Å². The van der Waals surface area contributed by atoms with Gasteiger partial charge in [0.25, 0.3) is 0 Å². The maximum atomic E-state index is 5.74. The van der Waals surface area contributed by atoms with Crippen molar-refractivity contribution in [3.63, 3.8) is 0 Å². The van der Waals surface area contributed by atoms with Crippen molar-refractivity contribution in [2.45, 2.75) is 18.8 Å². The summed E-state index contributed by atoms with van der Waals surface area (Å²) in [6.45, 7) is 2.14. The second-order valence-corrected chi connectivity index (χ2v) is 9.00. The zero-order valence-electron chi connectivity index (χ0n) is 15.7. The highest BCUT2D eigenvalue weighted by Gasteiger charge is 2.26. The van der Waals surface area contributed by atoms with E-state index in [9.17, 15) is 0 Å². The van der Waals surface area contributed by atoms with Crippen LogP contribution in [0, 0.1) is 0 Å². The Morgan fingerprint density at radius 1 is 1.25 bits per heavy atom. The van der Waals surface area contributed by atoms with Crippen LogP contribution in [0.1, 0.15) is 24.6 Å². The Morgan fingerprint density at radius 2 is 2.11 bits per heavy atom. The fraction of sp³-hybridized carbons (Fsp3) is 0.350. The van der Waals surface area contributed by atoms with Crippen LogP contribution in [0.2, 0.25) is 0 Å². The summed E-state index contributed by atoms with van der Waals surface area (Å²) in [4.78, 5) is 3.18. The molecule has 4 aromatic rings. The number of ether oxygens (including phenoxy) is 1. The monoisotopic (exact) mass is 457 g/mol. The number of methoxy groups -OCH3 is 1. The van der Waals surface area contributed by atoms with Crippen molar-refractivity contribution >= 4 is 43.0 Å². The van der Waals surface area contributed by atoms with Gasteiger partial charge in [0.2, 0.25) is 4.96 Å². The lowest BCUT2D eigenvalue weighted by Gasteiger charge is -2.28. The molecule has 1 unspecified atom stereocenters. The number of hydrogen-bond donors (Lipinski definition) is 0. The minimum absolute atomic E-state index is 0.369. The highest BCUT2D eigenvalue weighted by atomic mass is 79.9. The third-order valence-electron chi connectivity index (χ3n) is 5.38. The molecule has 3 heterocycles. The van der Waals surface area contributed by atoms with E-state index in [-0.39, 0.29) is 0 Å². The summed E-state index contributed by atoms with van der Waals surface area (Å²) in [6.07, 6.45) is 2.31. The Hall–Kier alpha value is -2.03. The van der Waals surface area contributed by atoms with Gasteiger partial charge in [-0.2, -0.15) is 9.61 Å². The van der Waals surface area contributed by atoms with Crippen molar-refractivity contribution in [2.75, 3.05) is 27.2 Å². The molecule has 1 saturated heterocycles. The molecule has 1 atom stereocenters. The molecule has 0 amide bonds. The van der Waals surface area contributed by atoms with Crippen molar-refractivity contribution in [1.29, 1.82) is 0 Å².